The monoisotopic (exact) mass is 205 g/mol. The van der Waals surface area contributed by atoms with Gasteiger partial charge in [0.05, 0.1) is 5.60 Å². The summed E-state index contributed by atoms with van der Waals surface area (Å²) < 4.78 is 5.98. The largest absolute Gasteiger partial charge is 0.355 e. The Morgan fingerprint density at radius 1 is 1.33 bits per heavy atom. The van der Waals surface area contributed by atoms with Crippen molar-refractivity contribution in [1.29, 1.82) is 0 Å². The summed E-state index contributed by atoms with van der Waals surface area (Å²) >= 11 is 0. The lowest BCUT2D eigenvalue weighted by Crippen LogP contribution is -2.42. The van der Waals surface area contributed by atoms with Gasteiger partial charge >= 0.3 is 0 Å². The van der Waals surface area contributed by atoms with Crippen LogP contribution in [0, 0.1) is 0 Å². The highest BCUT2D eigenvalue weighted by atomic mass is 16.5. The summed E-state index contributed by atoms with van der Waals surface area (Å²) in [5.41, 5.74) is 1.20. The van der Waals surface area contributed by atoms with E-state index in [1.54, 1.807) is 0 Å². The third kappa shape index (κ3) is 2.21. The molecule has 1 fully saturated rings. The van der Waals surface area contributed by atoms with Crippen molar-refractivity contribution in [1.82, 2.24) is 4.90 Å². The molecule has 0 saturated carbocycles. The normalized spacial score (nSPS) is 27.9. The van der Waals surface area contributed by atoms with Gasteiger partial charge in [-0.1, -0.05) is 37.3 Å². The average Bonchev–Trinajstić information content (AvgIpc) is 2.31. The minimum absolute atomic E-state index is 0.0903. The van der Waals surface area contributed by atoms with Crippen molar-refractivity contribution in [2.75, 3.05) is 19.8 Å². The van der Waals surface area contributed by atoms with Gasteiger partial charge in [-0.25, -0.2) is 0 Å². The van der Waals surface area contributed by atoms with Gasteiger partial charge in [-0.05, 0) is 25.5 Å². The molecule has 1 aromatic carbocycles. The quantitative estimate of drug-likeness (QED) is 0.736. The topological polar surface area (TPSA) is 12.5 Å². The van der Waals surface area contributed by atoms with E-state index in [4.69, 9.17) is 4.74 Å². The Balaban J connectivity index is 2.10. The van der Waals surface area contributed by atoms with Crippen molar-refractivity contribution >= 4 is 0 Å². The minimum atomic E-state index is -0.0903. The van der Waals surface area contributed by atoms with Crippen LogP contribution in [0.5, 0.6) is 0 Å². The molecule has 0 aliphatic carbocycles. The molecule has 1 saturated heterocycles. The SMILES string of the molecule is CCN1CCC(C)(c2ccccc2)OC1. The second-order valence-corrected chi connectivity index (χ2v) is 4.33. The molecule has 0 aromatic heterocycles. The molecule has 0 spiro atoms. The second-order valence-electron chi connectivity index (χ2n) is 4.33. The van der Waals surface area contributed by atoms with Crippen molar-refractivity contribution in [3.05, 3.63) is 35.9 Å². The molecule has 2 rings (SSSR count). The van der Waals surface area contributed by atoms with E-state index in [-0.39, 0.29) is 5.60 Å². The summed E-state index contributed by atoms with van der Waals surface area (Å²) in [5.74, 6) is 0. The molecule has 2 nitrogen and oxygen atoms in total. The van der Waals surface area contributed by atoms with Crippen LogP contribution >= 0.6 is 0 Å². The summed E-state index contributed by atoms with van der Waals surface area (Å²) in [4.78, 5) is 2.32. The number of hydrogen-bond acceptors (Lipinski definition) is 2. The highest BCUT2D eigenvalue weighted by Gasteiger charge is 2.31. The molecule has 1 atom stereocenters. The molecule has 0 N–H and O–H groups in total. The molecule has 1 aromatic rings. The van der Waals surface area contributed by atoms with Crippen molar-refractivity contribution in [3.8, 4) is 0 Å². The lowest BCUT2D eigenvalue weighted by molar-refractivity contribution is -0.132. The Morgan fingerprint density at radius 3 is 2.60 bits per heavy atom. The van der Waals surface area contributed by atoms with E-state index in [9.17, 15) is 0 Å². The molecular formula is C13H19NO. The first-order valence-electron chi connectivity index (χ1n) is 5.66. The van der Waals surface area contributed by atoms with Crippen LogP contribution < -0.4 is 0 Å². The van der Waals surface area contributed by atoms with Gasteiger partial charge in [-0.3, -0.25) is 4.90 Å². The standard InChI is InChI=1S/C13H19NO/c1-3-14-10-9-13(2,15-11-14)12-7-5-4-6-8-12/h4-8H,3,9-11H2,1-2H3. The van der Waals surface area contributed by atoms with Crippen LogP contribution in [0.2, 0.25) is 0 Å². The third-order valence-electron chi connectivity index (χ3n) is 3.30. The highest BCUT2D eigenvalue weighted by Crippen LogP contribution is 2.32. The molecule has 2 heteroatoms. The van der Waals surface area contributed by atoms with Crippen LogP contribution in [0.1, 0.15) is 25.8 Å². The molecule has 0 bridgehead atoms. The molecule has 1 unspecified atom stereocenters. The Hall–Kier alpha value is -0.860. The van der Waals surface area contributed by atoms with Crippen LogP contribution in [-0.2, 0) is 10.3 Å². The van der Waals surface area contributed by atoms with E-state index in [2.05, 4.69) is 43.0 Å². The lowest BCUT2D eigenvalue weighted by Gasteiger charge is -2.39. The van der Waals surface area contributed by atoms with Gasteiger partial charge in [-0.15, -0.1) is 0 Å². The zero-order valence-corrected chi connectivity index (χ0v) is 9.57. The molecule has 0 radical (unpaired) electrons. The van der Waals surface area contributed by atoms with Gasteiger partial charge < -0.3 is 4.74 Å². The maximum absolute atomic E-state index is 5.98. The van der Waals surface area contributed by atoms with Crippen LogP contribution in [0.15, 0.2) is 30.3 Å². The summed E-state index contributed by atoms with van der Waals surface area (Å²) in [6.07, 6.45) is 1.07. The van der Waals surface area contributed by atoms with Gasteiger partial charge in [0.15, 0.2) is 0 Å². The minimum Gasteiger partial charge on any atom is -0.355 e. The zero-order chi connectivity index (χ0) is 10.7. The summed E-state index contributed by atoms with van der Waals surface area (Å²) in [5, 5.41) is 0. The van der Waals surface area contributed by atoms with Crippen molar-refractivity contribution in [3.63, 3.8) is 0 Å². The summed E-state index contributed by atoms with van der Waals surface area (Å²) in [6.45, 7) is 7.32. The lowest BCUT2D eigenvalue weighted by atomic mass is 9.91. The van der Waals surface area contributed by atoms with Crippen LogP contribution in [0.3, 0.4) is 0 Å². The smallest absolute Gasteiger partial charge is 0.100 e. The van der Waals surface area contributed by atoms with Gasteiger partial charge in [0.2, 0.25) is 0 Å². The molecule has 1 heterocycles. The fourth-order valence-corrected chi connectivity index (χ4v) is 2.01. The van der Waals surface area contributed by atoms with Crippen molar-refractivity contribution < 1.29 is 4.74 Å². The summed E-state index contributed by atoms with van der Waals surface area (Å²) in [7, 11) is 0. The first-order chi connectivity index (χ1) is 7.24. The number of hydrogen-bond donors (Lipinski definition) is 0. The second kappa shape index (κ2) is 4.33. The predicted octanol–water partition coefficient (Wildman–Crippen LogP) is 2.60. The fraction of sp³-hybridized carbons (Fsp3) is 0.538. The highest BCUT2D eigenvalue weighted by molar-refractivity contribution is 5.22. The maximum Gasteiger partial charge on any atom is 0.100 e. The zero-order valence-electron chi connectivity index (χ0n) is 9.57. The first-order valence-corrected chi connectivity index (χ1v) is 5.66. The van der Waals surface area contributed by atoms with E-state index in [0.717, 1.165) is 26.2 Å². The summed E-state index contributed by atoms with van der Waals surface area (Å²) in [6, 6.07) is 10.5. The van der Waals surface area contributed by atoms with Crippen LogP contribution in [-0.4, -0.2) is 24.7 Å². The van der Waals surface area contributed by atoms with E-state index in [1.807, 2.05) is 6.07 Å². The number of ether oxygens (including phenoxy) is 1. The molecule has 82 valence electrons. The van der Waals surface area contributed by atoms with Crippen LogP contribution in [0.25, 0.3) is 0 Å². The number of nitrogens with zero attached hydrogens (tertiary/aromatic N) is 1. The Morgan fingerprint density at radius 2 is 2.07 bits per heavy atom. The van der Waals surface area contributed by atoms with Crippen LogP contribution in [0.4, 0.5) is 0 Å². The maximum atomic E-state index is 5.98. The van der Waals surface area contributed by atoms with Gasteiger partial charge in [0.1, 0.15) is 6.73 Å². The third-order valence-corrected chi connectivity index (χ3v) is 3.30. The van der Waals surface area contributed by atoms with E-state index in [0.29, 0.717) is 0 Å². The first kappa shape index (κ1) is 10.7. The molecule has 0 amide bonds. The number of benzene rings is 1. The Kier molecular flexibility index (Phi) is 3.08. The van der Waals surface area contributed by atoms with E-state index in [1.165, 1.54) is 5.56 Å². The van der Waals surface area contributed by atoms with Gasteiger partial charge in [0, 0.05) is 6.54 Å². The molecular weight excluding hydrogens is 186 g/mol. The van der Waals surface area contributed by atoms with Crippen molar-refractivity contribution in [2.24, 2.45) is 0 Å². The fourth-order valence-electron chi connectivity index (χ4n) is 2.01. The van der Waals surface area contributed by atoms with Gasteiger partial charge in [0.25, 0.3) is 0 Å². The molecule has 15 heavy (non-hydrogen) atoms. The van der Waals surface area contributed by atoms with E-state index < -0.39 is 0 Å². The molecule has 1 aliphatic rings. The van der Waals surface area contributed by atoms with Crippen molar-refractivity contribution in [2.45, 2.75) is 25.9 Å². The average molecular weight is 205 g/mol. The Bertz CT molecular complexity index is 302. The van der Waals surface area contributed by atoms with Gasteiger partial charge in [-0.2, -0.15) is 0 Å². The molecule has 1 aliphatic heterocycles. The van der Waals surface area contributed by atoms with E-state index >= 15 is 0 Å². The Labute approximate surface area is 91.9 Å². The predicted molar refractivity (Wildman–Crippen MR) is 61.6 cm³/mol. The number of rotatable bonds is 2.